The number of aliphatic hydroxyl groups is 1. The zero-order chi connectivity index (χ0) is 66.8. The Morgan fingerprint density at radius 3 is 0.789 bits per heavy atom. The molecular formula is C71H138O17P2. The van der Waals surface area contributed by atoms with Crippen LogP contribution in [-0.4, -0.2) is 96.7 Å². The fraction of sp³-hybridized carbons (Fsp3) is 0.944. The van der Waals surface area contributed by atoms with Crippen molar-refractivity contribution in [3.63, 3.8) is 0 Å². The lowest BCUT2D eigenvalue weighted by molar-refractivity contribution is -0.161. The fourth-order valence-corrected chi connectivity index (χ4v) is 12.2. The second-order valence-electron chi connectivity index (χ2n) is 27.3. The van der Waals surface area contributed by atoms with Crippen LogP contribution in [0.1, 0.15) is 351 Å². The summed E-state index contributed by atoms with van der Waals surface area (Å²) in [7, 11) is -9.90. The molecule has 0 fully saturated rings. The van der Waals surface area contributed by atoms with Crippen LogP contribution in [0.2, 0.25) is 0 Å². The highest BCUT2D eigenvalue weighted by Crippen LogP contribution is 2.45. The van der Waals surface area contributed by atoms with Gasteiger partial charge < -0.3 is 33.8 Å². The molecule has 0 rings (SSSR count). The second kappa shape index (κ2) is 60.7. The summed E-state index contributed by atoms with van der Waals surface area (Å²) in [5.41, 5.74) is 0. The van der Waals surface area contributed by atoms with E-state index < -0.39 is 97.5 Å². The molecule has 3 unspecified atom stereocenters. The Morgan fingerprint density at radius 1 is 0.311 bits per heavy atom. The molecule has 17 nitrogen and oxygen atoms in total. The Morgan fingerprint density at radius 2 is 0.533 bits per heavy atom. The maximum atomic E-state index is 13.0. The van der Waals surface area contributed by atoms with Crippen molar-refractivity contribution in [1.29, 1.82) is 0 Å². The van der Waals surface area contributed by atoms with Crippen LogP contribution in [0.4, 0.5) is 0 Å². The van der Waals surface area contributed by atoms with Crippen molar-refractivity contribution in [3.8, 4) is 0 Å². The first-order chi connectivity index (χ1) is 43.1. The van der Waals surface area contributed by atoms with Crippen LogP contribution in [0.25, 0.3) is 0 Å². The van der Waals surface area contributed by atoms with Crippen LogP contribution in [0, 0.1) is 23.7 Å². The Bertz CT molecular complexity index is 1780. The first-order valence-electron chi connectivity index (χ1n) is 36.7. The average molecular weight is 1330 g/mol. The minimum Gasteiger partial charge on any atom is -0.462 e. The number of phosphoric acid groups is 2. The van der Waals surface area contributed by atoms with Crippen LogP contribution < -0.4 is 0 Å². The number of unbranched alkanes of at least 4 members (excludes halogenated alkanes) is 33. The van der Waals surface area contributed by atoms with Gasteiger partial charge in [0.2, 0.25) is 0 Å². The molecule has 0 saturated carbocycles. The van der Waals surface area contributed by atoms with Gasteiger partial charge in [-0.25, -0.2) is 9.13 Å². The van der Waals surface area contributed by atoms with Crippen LogP contribution in [0.3, 0.4) is 0 Å². The number of esters is 4. The van der Waals surface area contributed by atoms with Crippen LogP contribution in [0.5, 0.6) is 0 Å². The van der Waals surface area contributed by atoms with Gasteiger partial charge in [0, 0.05) is 25.7 Å². The highest BCUT2D eigenvalue weighted by molar-refractivity contribution is 7.47. The van der Waals surface area contributed by atoms with Gasteiger partial charge in [-0.2, -0.15) is 0 Å². The van der Waals surface area contributed by atoms with Crippen molar-refractivity contribution in [2.75, 3.05) is 39.6 Å². The molecule has 0 heterocycles. The summed E-state index contributed by atoms with van der Waals surface area (Å²) in [6, 6.07) is 0. The van der Waals surface area contributed by atoms with Crippen LogP contribution >= 0.6 is 15.6 Å². The molecule has 0 aromatic rings. The number of hydrogen-bond acceptors (Lipinski definition) is 15. The average Bonchev–Trinajstić information content (AvgIpc) is 2.88. The van der Waals surface area contributed by atoms with Gasteiger partial charge in [-0.05, 0) is 49.4 Å². The topological polar surface area (TPSA) is 237 Å². The number of hydrogen-bond donors (Lipinski definition) is 3. The number of rotatable bonds is 68. The molecule has 90 heavy (non-hydrogen) atoms. The summed E-state index contributed by atoms with van der Waals surface area (Å²) in [4.78, 5) is 72.6. The van der Waals surface area contributed by atoms with Crippen molar-refractivity contribution in [1.82, 2.24) is 0 Å². The lowest BCUT2D eigenvalue weighted by Crippen LogP contribution is -2.30. The predicted octanol–water partition coefficient (Wildman–Crippen LogP) is 20.1. The summed E-state index contributed by atoms with van der Waals surface area (Å²) in [5.74, 6) is 0.864. The maximum absolute atomic E-state index is 13.0. The monoisotopic (exact) mass is 1320 g/mol. The van der Waals surface area contributed by atoms with Gasteiger partial charge in [0.15, 0.2) is 12.2 Å². The highest BCUT2D eigenvalue weighted by atomic mass is 31.2. The Labute approximate surface area is 549 Å². The molecule has 0 aromatic carbocycles. The Hall–Kier alpha value is -1.94. The number of carbonyl (C=O) groups excluding carboxylic acids is 4. The Balaban J connectivity index is 5.26. The first-order valence-corrected chi connectivity index (χ1v) is 39.7. The van der Waals surface area contributed by atoms with Gasteiger partial charge in [0.05, 0.1) is 26.4 Å². The van der Waals surface area contributed by atoms with Crippen molar-refractivity contribution in [2.24, 2.45) is 23.7 Å². The molecule has 0 aliphatic rings. The van der Waals surface area contributed by atoms with Gasteiger partial charge in [-0.15, -0.1) is 0 Å². The van der Waals surface area contributed by atoms with Gasteiger partial charge in [0.1, 0.15) is 19.3 Å². The molecule has 0 aliphatic carbocycles. The third kappa shape index (κ3) is 63.5. The van der Waals surface area contributed by atoms with E-state index in [1.165, 1.54) is 148 Å². The molecule has 3 N–H and O–H groups in total. The number of ether oxygens (including phenoxy) is 4. The molecule has 534 valence electrons. The van der Waals surface area contributed by atoms with E-state index in [2.05, 4.69) is 55.4 Å². The van der Waals surface area contributed by atoms with E-state index in [9.17, 15) is 43.2 Å². The number of phosphoric ester groups is 2. The van der Waals surface area contributed by atoms with E-state index in [1.54, 1.807) is 0 Å². The summed E-state index contributed by atoms with van der Waals surface area (Å²) >= 11 is 0. The van der Waals surface area contributed by atoms with Crippen LogP contribution in [0.15, 0.2) is 0 Å². The van der Waals surface area contributed by atoms with Gasteiger partial charge >= 0.3 is 39.5 Å². The molecule has 6 atom stereocenters. The number of aliphatic hydroxyl groups excluding tert-OH is 1. The van der Waals surface area contributed by atoms with E-state index >= 15 is 0 Å². The largest absolute Gasteiger partial charge is 0.472 e. The smallest absolute Gasteiger partial charge is 0.462 e. The second-order valence-corrected chi connectivity index (χ2v) is 30.2. The van der Waals surface area contributed by atoms with Crippen molar-refractivity contribution in [2.45, 2.75) is 369 Å². The summed E-state index contributed by atoms with van der Waals surface area (Å²) in [6.07, 6.45) is 43.1. The maximum Gasteiger partial charge on any atom is 0.472 e. The molecule has 0 bridgehead atoms. The van der Waals surface area contributed by atoms with E-state index in [0.29, 0.717) is 25.7 Å². The molecule has 0 aromatic heterocycles. The molecule has 0 spiro atoms. The normalized spacial score (nSPS) is 14.6. The quantitative estimate of drug-likeness (QED) is 0.0222. The molecule has 19 heteroatoms. The fourth-order valence-electron chi connectivity index (χ4n) is 10.6. The zero-order valence-corrected chi connectivity index (χ0v) is 60.6. The van der Waals surface area contributed by atoms with Crippen molar-refractivity contribution in [3.05, 3.63) is 0 Å². The van der Waals surface area contributed by atoms with Gasteiger partial charge in [0.25, 0.3) is 0 Å². The van der Waals surface area contributed by atoms with Gasteiger partial charge in [-0.3, -0.25) is 37.3 Å². The number of carbonyl (C=O) groups is 4. The first kappa shape index (κ1) is 88.1. The minimum atomic E-state index is -4.95. The van der Waals surface area contributed by atoms with E-state index in [1.807, 2.05) is 0 Å². The third-order valence-electron chi connectivity index (χ3n) is 16.7. The Kier molecular flexibility index (Phi) is 59.4. The van der Waals surface area contributed by atoms with E-state index in [0.717, 1.165) is 120 Å². The van der Waals surface area contributed by atoms with E-state index in [4.69, 9.17) is 37.0 Å². The lowest BCUT2D eigenvalue weighted by atomic mass is 10.00. The van der Waals surface area contributed by atoms with E-state index in [-0.39, 0.29) is 25.7 Å². The zero-order valence-electron chi connectivity index (χ0n) is 58.8. The van der Waals surface area contributed by atoms with Crippen LogP contribution in [-0.2, 0) is 65.4 Å². The highest BCUT2D eigenvalue weighted by Gasteiger charge is 2.30. The van der Waals surface area contributed by atoms with Crippen molar-refractivity contribution < 1.29 is 80.2 Å². The summed E-state index contributed by atoms with van der Waals surface area (Å²) in [6.45, 7) is 14.1. The summed E-state index contributed by atoms with van der Waals surface area (Å²) < 4.78 is 68.3. The third-order valence-corrected chi connectivity index (χ3v) is 18.6. The molecule has 0 amide bonds. The van der Waals surface area contributed by atoms with Gasteiger partial charge in [-0.1, -0.05) is 299 Å². The molecule has 0 saturated heterocycles. The molecular weight excluding hydrogens is 1190 g/mol. The summed E-state index contributed by atoms with van der Waals surface area (Å²) in [5, 5.41) is 10.6. The minimum absolute atomic E-state index is 0.103. The predicted molar refractivity (Wildman–Crippen MR) is 363 cm³/mol. The SMILES string of the molecule is CCC(C)CCCCCCCCC(=O)OC[C@H](COP(=O)(O)OC[C@H](O)COP(=O)(O)OC[C@@H](COC(=O)CCCCCCCCCCCCC(C)C)OC(=O)CCCCCCCCCCCCCCCC(C)C)OC(=O)CCCCCCCCCCC(C)C. The molecule has 0 radical (unpaired) electrons. The molecule has 0 aliphatic heterocycles. The lowest BCUT2D eigenvalue weighted by Gasteiger charge is -2.21. The van der Waals surface area contributed by atoms with Crippen molar-refractivity contribution >= 4 is 39.5 Å². The standard InChI is InChI=1S/C71H138O17P2/c1-9-64(8)50-42-34-29-30-36-44-52-69(74)82-58-67(88-71(76)54-46-38-28-22-21-25-33-41-49-63(6)7)60-86-90(79,80)84-56-65(72)55-83-89(77,78)85-59-66(57-81-68(73)51-43-35-26-19-16-15-18-24-32-40-48-62(4)5)87-70(75)53-45-37-27-20-14-12-10-11-13-17-23-31-39-47-61(2)3/h61-67,72H,9-60H2,1-8H3,(H,77,78)(H,79,80)/t64?,65-,66-,67-/m1/s1.